The van der Waals surface area contributed by atoms with E-state index in [0.717, 1.165) is 36.1 Å². The summed E-state index contributed by atoms with van der Waals surface area (Å²) < 4.78 is 5.71. The van der Waals surface area contributed by atoms with Crippen LogP contribution in [0.25, 0.3) is 0 Å². The van der Waals surface area contributed by atoms with Gasteiger partial charge in [-0.1, -0.05) is 37.3 Å². The first-order chi connectivity index (χ1) is 10.3. The summed E-state index contributed by atoms with van der Waals surface area (Å²) >= 11 is 0. The molecule has 0 saturated carbocycles. The molecule has 0 saturated heterocycles. The predicted molar refractivity (Wildman–Crippen MR) is 84.1 cm³/mol. The van der Waals surface area contributed by atoms with Gasteiger partial charge in [0.15, 0.2) is 12.4 Å². The summed E-state index contributed by atoms with van der Waals surface area (Å²) in [6.07, 6.45) is 4.34. The molecule has 0 heterocycles. The minimum atomic E-state index is 0.0515. The third-order valence-electron chi connectivity index (χ3n) is 4.13. The summed E-state index contributed by atoms with van der Waals surface area (Å²) in [5.74, 6) is 0.866. The zero-order valence-electron chi connectivity index (χ0n) is 12.4. The maximum Gasteiger partial charge on any atom is 0.200 e. The Hall–Kier alpha value is -2.09. The van der Waals surface area contributed by atoms with Crippen LogP contribution in [0.15, 0.2) is 42.5 Å². The number of benzene rings is 2. The van der Waals surface area contributed by atoms with E-state index in [-0.39, 0.29) is 12.4 Å². The van der Waals surface area contributed by atoms with E-state index in [1.807, 2.05) is 36.4 Å². The van der Waals surface area contributed by atoms with Crippen LogP contribution < -0.4 is 4.74 Å². The van der Waals surface area contributed by atoms with Crippen LogP contribution in [0.3, 0.4) is 0 Å². The number of fused-ring (bicyclic) bond motifs is 1. The minimum Gasteiger partial charge on any atom is -0.485 e. The van der Waals surface area contributed by atoms with E-state index in [9.17, 15) is 4.79 Å². The number of ether oxygens (including phenoxy) is 1. The first kappa shape index (κ1) is 13.9. The van der Waals surface area contributed by atoms with Gasteiger partial charge < -0.3 is 4.74 Å². The maximum absolute atomic E-state index is 12.3. The van der Waals surface area contributed by atoms with E-state index < -0.39 is 0 Å². The molecule has 0 fully saturated rings. The Morgan fingerprint density at radius 3 is 2.76 bits per heavy atom. The molecule has 2 heteroatoms. The highest BCUT2D eigenvalue weighted by atomic mass is 16.5. The minimum absolute atomic E-state index is 0.0515. The quantitative estimate of drug-likeness (QED) is 0.774. The Kier molecular flexibility index (Phi) is 4.05. The second-order valence-corrected chi connectivity index (χ2v) is 5.51. The molecule has 0 atom stereocenters. The number of carbonyl (C=O) groups is 1. The van der Waals surface area contributed by atoms with Crippen molar-refractivity contribution in [2.24, 2.45) is 0 Å². The SMILES string of the molecule is CCc1ccccc1OCC(=O)c1ccc2c(c1)CCC2. The van der Waals surface area contributed by atoms with Crippen LogP contribution in [0.4, 0.5) is 0 Å². The van der Waals surface area contributed by atoms with Crippen molar-refractivity contribution < 1.29 is 9.53 Å². The molecular weight excluding hydrogens is 260 g/mol. The molecule has 2 aromatic rings. The predicted octanol–water partition coefficient (Wildman–Crippen LogP) is 4.00. The summed E-state index contributed by atoms with van der Waals surface area (Å²) in [6.45, 7) is 2.19. The second kappa shape index (κ2) is 6.13. The van der Waals surface area contributed by atoms with Crippen LogP contribution >= 0.6 is 0 Å². The van der Waals surface area contributed by atoms with Gasteiger partial charge in [0.05, 0.1) is 0 Å². The molecule has 0 bridgehead atoms. The van der Waals surface area contributed by atoms with Gasteiger partial charge in [-0.2, -0.15) is 0 Å². The van der Waals surface area contributed by atoms with Gasteiger partial charge >= 0.3 is 0 Å². The first-order valence-electron chi connectivity index (χ1n) is 7.63. The van der Waals surface area contributed by atoms with E-state index in [1.165, 1.54) is 17.5 Å². The van der Waals surface area contributed by atoms with Gasteiger partial charge in [-0.3, -0.25) is 4.79 Å². The molecule has 2 nitrogen and oxygen atoms in total. The number of hydrogen-bond acceptors (Lipinski definition) is 2. The fourth-order valence-corrected chi connectivity index (χ4v) is 2.91. The lowest BCUT2D eigenvalue weighted by Gasteiger charge is -2.10. The Morgan fingerprint density at radius 1 is 1.10 bits per heavy atom. The van der Waals surface area contributed by atoms with Crippen molar-refractivity contribution in [3.05, 3.63) is 64.7 Å². The zero-order chi connectivity index (χ0) is 14.7. The molecule has 0 spiro atoms. The summed E-state index contributed by atoms with van der Waals surface area (Å²) in [5.41, 5.74) is 4.63. The van der Waals surface area contributed by atoms with E-state index in [4.69, 9.17) is 4.74 Å². The third-order valence-corrected chi connectivity index (χ3v) is 4.13. The largest absolute Gasteiger partial charge is 0.485 e. The average Bonchev–Trinajstić information content (AvgIpc) is 3.00. The van der Waals surface area contributed by atoms with Gasteiger partial charge in [0.2, 0.25) is 0 Å². The number of Topliss-reactive ketones (excluding diaryl/α,β-unsaturated/α-hetero) is 1. The van der Waals surface area contributed by atoms with Crippen molar-refractivity contribution in [1.29, 1.82) is 0 Å². The van der Waals surface area contributed by atoms with Crippen molar-refractivity contribution in [1.82, 2.24) is 0 Å². The highest BCUT2D eigenvalue weighted by Crippen LogP contribution is 2.23. The summed E-state index contributed by atoms with van der Waals surface area (Å²) in [7, 11) is 0. The number of aryl methyl sites for hydroxylation is 3. The summed E-state index contributed by atoms with van der Waals surface area (Å²) in [4.78, 5) is 12.3. The van der Waals surface area contributed by atoms with Crippen LogP contribution in [0.5, 0.6) is 5.75 Å². The van der Waals surface area contributed by atoms with Crippen molar-refractivity contribution in [3.63, 3.8) is 0 Å². The van der Waals surface area contributed by atoms with E-state index >= 15 is 0 Å². The van der Waals surface area contributed by atoms with Gasteiger partial charge in [0, 0.05) is 5.56 Å². The number of ketones is 1. The smallest absolute Gasteiger partial charge is 0.200 e. The third kappa shape index (κ3) is 2.99. The summed E-state index contributed by atoms with van der Waals surface area (Å²) in [6, 6.07) is 14.0. The molecule has 0 aromatic heterocycles. The van der Waals surface area contributed by atoms with Crippen molar-refractivity contribution in [3.8, 4) is 5.75 Å². The molecule has 0 unspecified atom stereocenters. The number of carbonyl (C=O) groups excluding carboxylic acids is 1. The number of para-hydroxylation sites is 1. The fraction of sp³-hybridized carbons (Fsp3) is 0.316. The molecule has 0 aliphatic heterocycles. The number of rotatable bonds is 5. The molecule has 0 amide bonds. The lowest BCUT2D eigenvalue weighted by Crippen LogP contribution is -2.12. The lowest BCUT2D eigenvalue weighted by molar-refractivity contribution is 0.0921. The fourth-order valence-electron chi connectivity index (χ4n) is 2.91. The second-order valence-electron chi connectivity index (χ2n) is 5.51. The average molecular weight is 280 g/mol. The van der Waals surface area contributed by atoms with Gasteiger partial charge in [0.25, 0.3) is 0 Å². The van der Waals surface area contributed by atoms with Gasteiger partial charge in [0.1, 0.15) is 5.75 Å². The van der Waals surface area contributed by atoms with Crippen molar-refractivity contribution >= 4 is 5.78 Å². The van der Waals surface area contributed by atoms with Crippen LogP contribution in [0.1, 0.15) is 40.4 Å². The number of hydrogen-bond donors (Lipinski definition) is 0. The van der Waals surface area contributed by atoms with E-state index in [2.05, 4.69) is 13.0 Å². The standard InChI is InChI=1S/C19H20O2/c1-2-14-6-3-4-9-19(14)21-13-18(20)17-11-10-15-7-5-8-16(15)12-17/h3-4,6,9-12H,2,5,7-8,13H2,1H3. The Labute approximate surface area is 125 Å². The molecular formula is C19H20O2. The molecule has 1 aliphatic carbocycles. The Balaban J connectivity index is 1.69. The molecule has 108 valence electrons. The molecule has 21 heavy (non-hydrogen) atoms. The molecule has 2 aromatic carbocycles. The van der Waals surface area contributed by atoms with Gasteiger partial charge in [-0.05, 0) is 54.5 Å². The highest BCUT2D eigenvalue weighted by Gasteiger charge is 2.14. The van der Waals surface area contributed by atoms with E-state index in [1.54, 1.807) is 0 Å². The zero-order valence-corrected chi connectivity index (χ0v) is 12.4. The molecule has 3 rings (SSSR count). The van der Waals surface area contributed by atoms with Gasteiger partial charge in [-0.25, -0.2) is 0 Å². The van der Waals surface area contributed by atoms with E-state index in [0.29, 0.717) is 0 Å². The van der Waals surface area contributed by atoms with Crippen molar-refractivity contribution in [2.45, 2.75) is 32.6 Å². The lowest BCUT2D eigenvalue weighted by atomic mass is 10.0. The monoisotopic (exact) mass is 280 g/mol. The topological polar surface area (TPSA) is 26.3 Å². The Bertz CT molecular complexity index is 658. The van der Waals surface area contributed by atoms with Crippen LogP contribution in [-0.4, -0.2) is 12.4 Å². The molecule has 0 N–H and O–H groups in total. The highest BCUT2D eigenvalue weighted by molar-refractivity contribution is 5.97. The normalized spacial score (nSPS) is 13.0. The van der Waals surface area contributed by atoms with Gasteiger partial charge in [-0.15, -0.1) is 0 Å². The van der Waals surface area contributed by atoms with Crippen LogP contribution in [0.2, 0.25) is 0 Å². The summed E-state index contributed by atoms with van der Waals surface area (Å²) in [5, 5.41) is 0. The van der Waals surface area contributed by atoms with Crippen LogP contribution in [0, 0.1) is 0 Å². The molecule has 0 radical (unpaired) electrons. The first-order valence-corrected chi connectivity index (χ1v) is 7.63. The Morgan fingerprint density at radius 2 is 1.90 bits per heavy atom. The van der Waals surface area contributed by atoms with Crippen LogP contribution in [-0.2, 0) is 19.3 Å². The van der Waals surface area contributed by atoms with Crippen molar-refractivity contribution in [2.75, 3.05) is 6.61 Å². The molecule has 1 aliphatic rings. The maximum atomic E-state index is 12.3.